The lowest BCUT2D eigenvalue weighted by Gasteiger charge is -2.30. The topological polar surface area (TPSA) is 32.3 Å². The zero-order valence-electron chi connectivity index (χ0n) is 12.2. The van der Waals surface area contributed by atoms with E-state index >= 15 is 0 Å². The zero-order chi connectivity index (χ0) is 13.2. The molecule has 3 heteroatoms. The Balaban J connectivity index is 1.96. The summed E-state index contributed by atoms with van der Waals surface area (Å²) in [5.74, 6) is 1.20. The van der Waals surface area contributed by atoms with E-state index in [2.05, 4.69) is 31.0 Å². The zero-order valence-corrected chi connectivity index (χ0v) is 12.2. The maximum Gasteiger partial charge on any atom is 0.243 e. The van der Waals surface area contributed by atoms with Gasteiger partial charge in [-0.05, 0) is 32.1 Å². The summed E-state index contributed by atoms with van der Waals surface area (Å²) >= 11 is 0. The van der Waals surface area contributed by atoms with Crippen molar-refractivity contribution in [2.24, 2.45) is 5.92 Å². The van der Waals surface area contributed by atoms with E-state index in [1.807, 2.05) is 0 Å². The second-order valence-corrected chi connectivity index (χ2v) is 6.22. The van der Waals surface area contributed by atoms with Gasteiger partial charge in [0, 0.05) is 6.54 Å². The Labute approximate surface area is 111 Å². The van der Waals surface area contributed by atoms with Crippen molar-refractivity contribution in [3.63, 3.8) is 0 Å². The van der Waals surface area contributed by atoms with Crippen molar-refractivity contribution in [1.82, 2.24) is 10.2 Å². The van der Waals surface area contributed by atoms with Crippen molar-refractivity contribution in [3.05, 3.63) is 0 Å². The molecule has 0 aromatic rings. The maximum absolute atomic E-state index is 12.5. The van der Waals surface area contributed by atoms with E-state index in [0.717, 1.165) is 31.7 Å². The van der Waals surface area contributed by atoms with Gasteiger partial charge in [0.05, 0.1) is 11.7 Å². The van der Waals surface area contributed by atoms with Crippen LogP contribution in [-0.4, -0.2) is 29.1 Å². The molecule has 0 aromatic heterocycles. The molecule has 2 aliphatic rings. The SMILES string of the molecule is CCCC1NC(C)(CC)C(=O)N1CCC1CCC1. The Morgan fingerprint density at radius 1 is 1.33 bits per heavy atom. The van der Waals surface area contributed by atoms with Crippen LogP contribution in [0.25, 0.3) is 0 Å². The largest absolute Gasteiger partial charge is 0.326 e. The first-order chi connectivity index (χ1) is 8.60. The third-order valence-corrected chi connectivity index (χ3v) is 4.87. The van der Waals surface area contributed by atoms with Crippen LogP contribution in [0.15, 0.2) is 0 Å². The molecule has 3 nitrogen and oxygen atoms in total. The molecule has 0 radical (unpaired) electrons. The smallest absolute Gasteiger partial charge is 0.243 e. The first-order valence-electron chi connectivity index (χ1n) is 7.69. The third kappa shape index (κ3) is 2.56. The van der Waals surface area contributed by atoms with E-state index in [1.165, 1.54) is 25.7 Å². The number of hydrogen-bond acceptors (Lipinski definition) is 2. The summed E-state index contributed by atoms with van der Waals surface area (Å²) < 4.78 is 0. The molecule has 2 rings (SSSR count). The molecule has 1 amide bonds. The quantitative estimate of drug-likeness (QED) is 0.788. The highest BCUT2D eigenvalue weighted by Crippen LogP contribution is 2.32. The van der Waals surface area contributed by atoms with Gasteiger partial charge in [0.25, 0.3) is 0 Å². The van der Waals surface area contributed by atoms with Crippen molar-refractivity contribution >= 4 is 5.91 Å². The Bertz CT molecular complexity index is 301. The molecule has 2 atom stereocenters. The number of rotatable bonds is 6. The summed E-state index contributed by atoms with van der Waals surface area (Å²) in [6, 6.07) is 0. The number of hydrogen-bond donors (Lipinski definition) is 1. The number of nitrogens with one attached hydrogen (secondary N) is 1. The van der Waals surface area contributed by atoms with Crippen LogP contribution in [0.2, 0.25) is 0 Å². The van der Waals surface area contributed by atoms with Crippen LogP contribution in [0.3, 0.4) is 0 Å². The second kappa shape index (κ2) is 5.60. The van der Waals surface area contributed by atoms with E-state index in [1.54, 1.807) is 0 Å². The lowest BCUT2D eigenvalue weighted by atomic mass is 9.83. The van der Waals surface area contributed by atoms with Crippen LogP contribution < -0.4 is 5.32 Å². The fraction of sp³-hybridized carbons (Fsp3) is 0.933. The van der Waals surface area contributed by atoms with Crippen LogP contribution in [0.5, 0.6) is 0 Å². The molecule has 18 heavy (non-hydrogen) atoms. The fourth-order valence-electron chi connectivity index (χ4n) is 3.08. The van der Waals surface area contributed by atoms with Gasteiger partial charge in [-0.1, -0.05) is 39.5 Å². The van der Waals surface area contributed by atoms with Gasteiger partial charge in [-0.2, -0.15) is 0 Å². The minimum Gasteiger partial charge on any atom is -0.326 e. The molecule has 0 spiro atoms. The summed E-state index contributed by atoms with van der Waals surface area (Å²) in [4.78, 5) is 14.6. The summed E-state index contributed by atoms with van der Waals surface area (Å²) in [6.45, 7) is 7.30. The molecule has 2 fully saturated rings. The Morgan fingerprint density at radius 3 is 2.56 bits per heavy atom. The summed E-state index contributed by atoms with van der Waals surface area (Å²) in [6.07, 6.45) is 8.70. The highest BCUT2D eigenvalue weighted by molar-refractivity contribution is 5.88. The predicted molar refractivity (Wildman–Crippen MR) is 74.2 cm³/mol. The Kier molecular flexibility index (Phi) is 4.31. The van der Waals surface area contributed by atoms with Crippen LogP contribution in [0, 0.1) is 5.92 Å². The van der Waals surface area contributed by atoms with Crippen molar-refractivity contribution < 1.29 is 4.79 Å². The Hall–Kier alpha value is -0.570. The first kappa shape index (κ1) is 13.9. The standard InChI is InChI=1S/C15H28N2O/c1-4-7-13-16-15(3,5-2)14(18)17(13)11-10-12-8-6-9-12/h12-13,16H,4-11H2,1-3H3. The van der Waals surface area contributed by atoms with Crippen LogP contribution in [-0.2, 0) is 4.79 Å². The molecule has 1 N–H and O–H groups in total. The molecule has 1 aliphatic carbocycles. The molecule has 104 valence electrons. The molecule has 1 saturated carbocycles. The van der Waals surface area contributed by atoms with Gasteiger partial charge in [-0.15, -0.1) is 0 Å². The average molecular weight is 252 g/mol. The normalized spacial score (nSPS) is 32.9. The van der Waals surface area contributed by atoms with E-state index in [-0.39, 0.29) is 11.7 Å². The highest BCUT2D eigenvalue weighted by atomic mass is 16.2. The van der Waals surface area contributed by atoms with Crippen LogP contribution >= 0.6 is 0 Å². The highest BCUT2D eigenvalue weighted by Gasteiger charge is 2.45. The number of nitrogens with zero attached hydrogens (tertiary/aromatic N) is 1. The second-order valence-electron chi connectivity index (χ2n) is 6.22. The minimum absolute atomic E-state index is 0.271. The van der Waals surface area contributed by atoms with Gasteiger partial charge >= 0.3 is 0 Å². The number of carbonyl (C=O) groups is 1. The molecular weight excluding hydrogens is 224 g/mol. The maximum atomic E-state index is 12.5. The van der Waals surface area contributed by atoms with Gasteiger partial charge in [-0.3, -0.25) is 10.1 Å². The molecule has 1 aliphatic heterocycles. The number of amides is 1. The Morgan fingerprint density at radius 2 is 2.06 bits per heavy atom. The summed E-state index contributed by atoms with van der Waals surface area (Å²) in [7, 11) is 0. The summed E-state index contributed by atoms with van der Waals surface area (Å²) in [5.41, 5.74) is -0.320. The predicted octanol–water partition coefficient (Wildman–Crippen LogP) is 2.90. The molecule has 0 aromatic carbocycles. The molecule has 1 saturated heterocycles. The lowest BCUT2D eigenvalue weighted by Crippen LogP contribution is -2.43. The summed E-state index contributed by atoms with van der Waals surface area (Å²) in [5, 5.41) is 3.55. The van der Waals surface area contributed by atoms with Gasteiger partial charge < -0.3 is 4.90 Å². The first-order valence-corrected chi connectivity index (χ1v) is 7.69. The lowest BCUT2D eigenvalue weighted by molar-refractivity contribution is -0.133. The van der Waals surface area contributed by atoms with E-state index in [9.17, 15) is 4.79 Å². The average Bonchev–Trinajstić information content (AvgIpc) is 2.53. The third-order valence-electron chi connectivity index (χ3n) is 4.87. The molecule has 2 unspecified atom stereocenters. The van der Waals surface area contributed by atoms with E-state index < -0.39 is 0 Å². The van der Waals surface area contributed by atoms with E-state index in [0.29, 0.717) is 5.91 Å². The monoisotopic (exact) mass is 252 g/mol. The van der Waals surface area contributed by atoms with E-state index in [4.69, 9.17) is 0 Å². The molecule has 1 heterocycles. The van der Waals surface area contributed by atoms with Crippen molar-refractivity contribution in [3.8, 4) is 0 Å². The molecule has 0 bridgehead atoms. The fourth-order valence-corrected chi connectivity index (χ4v) is 3.08. The van der Waals surface area contributed by atoms with Crippen LogP contribution in [0.4, 0.5) is 0 Å². The minimum atomic E-state index is -0.320. The van der Waals surface area contributed by atoms with Gasteiger partial charge in [0.2, 0.25) is 5.91 Å². The van der Waals surface area contributed by atoms with Crippen molar-refractivity contribution in [2.45, 2.75) is 77.4 Å². The van der Waals surface area contributed by atoms with Gasteiger partial charge in [-0.25, -0.2) is 0 Å². The number of carbonyl (C=O) groups excluding carboxylic acids is 1. The van der Waals surface area contributed by atoms with Gasteiger partial charge in [0.15, 0.2) is 0 Å². The van der Waals surface area contributed by atoms with Crippen LogP contribution in [0.1, 0.15) is 65.7 Å². The van der Waals surface area contributed by atoms with Crippen molar-refractivity contribution in [2.75, 3.05) is 6.54 Å². The van der Waals surface area contributed by atoms with Gasteiger partial charge in [0.1, 0.15) is 0 Å². The van der Waals surface area contributed by atoms with Crippen molar-refractivity contribution in [1.29, 1.82) is 0 Å². The molecular formula is C15H28N2O.